The maximum absolute atomic E-state index is 12.0. The number of aryl methyl sites for hydroxylation is 1. The van der Waals surface area contributed by atoms with E-state index in [2.05, 4.69) is 13.0 Å². The van der Waals surface area contributed by atoms with Crippen LogP contribution in [0, 0.1) is 12.8 Å². The highest BCUT2D eigenvalue weighted by molar-refractivity contribution is 5.85. The third-order valence-corrected chi connectivity index (χ3v) is 4.02. The van der Waals surface area contributed by atoms with E-state index in [0.29, 0.717) is 25.5 Å². The Morgan fingerprint density at radius 3 is 2.91 bits per heavy atom. The molecule has 1 aliphatic rings. The van der Waals surface area contributed by atoms with Gasteiger partial charge in [-0.2, -0.15) is 0 Å². The summed E-state index contributed by atoms with van der Waals surface area (Å²) >= 11 is 0. The molecule has 124 valence electrons. The largest absolute Gasteiger partial charge is 0.494 e. The summed E-state index contributed by atoms with van der Waals surface area (Å²) in [5.74, 6) is 1.67. The highest BCUT2D eigenvalue weighted by Gasteiger charge is 2.24. The van der Waals surface area contributed by atoms with E-state index in [0.717, 1.165) is 38.1 Å². The highest BCUT2D eigenvalue weighted by atomic mass is 35.5. The van der Waals surface area contributed by atoms with Crippen LogP contribution in [0.3, 0.4) is 0 Å². The summed E-state index contributed by atoms with van der Waals surface area (Å²) in [7, 11) is 0. The fourth-order valence-electron chi connectivity index (χ4n) is 2.68. The lowest BCUT2D eigenvalue weighted by atomic mass is 10.1. The van der Waals surface area contributed by atoms with Crippen LogP contribution in [0.4, 0.5) is 0 Å². The van der Waals surface area contributed by atoms with Crippen molar-refractivity contribution >= 4 is 18.3 Å². The quantitative estimate of drug-likeness (QED) is 0.784. The molecule has 1 aliphatic heterocycles. The number of likely N-dealkylation sites (tertiary alicyclic amines) is 1. The third-order valence-electron chi connectivity index (χ3n) is 4.02. The van der Waals surface area contributed by atoms with Gasteiger partial charge in [-0.15, -0.1) is 12.4 Å². The van der Waals surface area contributed by atoms with E-state index in [-0.39, 0.29) is 18.3 Å². The Morgan fingerprint density at radius 1 is 1.41 bits per heavy atom. The molecule has 1 unspecified atom stereocenters. The molecule has 0 aromatic heterocycles. The molecule has 1 aromatic carbocycles. The van der Waals surface area contributed by atoms with Crippen LogP contribution in [0.5, 0.6) is 5.75 Å². The smallest absolute Gasteiger partial charge is 0.222 e. The summed E-state index contributed by atoms with van der Waals surface area (Å²) in [6.07, 6.45) is 3.47. The first-order valence-electron chi connectivity index (χ1n) is 7.86. The Morgan fingerprint density at radius 2 is 2.23 bits per heavy atom. The second-order valence-corrected chi connectivity index (χ2v) is 5.85. The zero-order valence-electron chi connectivity index (χ0n) is 13.3. The van der Waals surface area contributed by atoms with E-state index >= 15 is 0 Å². The molecule has 0 aliphatic carbocycles. The molecule has 2 rings (SSSR count). The van der Waals surface area contributed by atoms with Gasteiger partial charge in [-0.05, 0) is 56.3 Å². The van der Waals surface area contributed by atoms with Gasteiger partial charge in [0.1, 0.15) is 5.75 Å². The molecule has 22 heavy (non-hydrogen) atoms. The highest BCUT2D eigenvalue weighted by Crippen LogP contribution is 2.17. The van der Waals surface area contributed by atoms with Crippen LogP contribution >= 0.6 is 12.4 Å². The molecule has 5 heteroatoms. The number of amides is 1. The SMILES string of the molecule is Cc1cccc(OCCCCC(=O)N2CCC(CN)C2)c1.Cl. The second kappa shape index (κ2) is 9.70. The van der Waals surface area contributed by atoms with Crippen molar-refractivity contribution in [2.24, 2.45) is 11.7 Å². The lowest BCUT2D eigenvalue weighted by molar-refractivity contribution is -0.130. The average Bonchev–Trinajstić information content (AvgIpc) is 2.96. The van der Waals surface area contributed by atoms with Crippen LogP contribution < -0.4 is 10.5 Å². The molecular weight excluding hydrogens is 300 g/mol. The standard InChI is InChI=1S/C17H26N2O2.ClH/c1-14-5-4-6-16(11-14)21-10-3-2-7-17(20)19-9-8-15(12-18)13-19;/h4-6,11,15H,2-3,7-10,12-13,18H2,1H3;1H. The summed E-state index contributed by atoms with van der Waals surface area (Å²) < 4.78 is 5.69. The number of nitrogens with zero attached hydrogens (tertiary/aromatic N) is 1. The first-order valence-corrected chi connectivity index (χ1v) is 7.86. The van der Waals surface area contributed by atoms with E-state index in [1.807, 2.05) is 23.1 Å². The topological polar surface area (TPSA) is 55.6 Å². The maximum Gasteiger partial charge on any atom is 0.222 e. The number of carbonyl (C=O) groups excluding carboxylic acids is 1. The second-order valence-electron chi connectivity index (χ2n) is 5.85. The molecule has 1 saturated heterocycles. The Bertz CT molecular complexity index is 468. The van der Waals surface area contributed by atoms with Gasteiger partial charge in [0.25, 0.3) is 0 Å². The molecule has 1 heterocycles. The van der Waals surface area contributed by atoms with Gasteiger partial charge in [-0.3, -0.25) is 4.79 Å². The molecular formula is C17H27ClN2O2. The van der Waals surface area contributed by atoms with Crippen molar-refractivity contribution in [2.75, 3.05) is 26.2 Å². The van der Waals surface area contributed by atoms with Gasteiger partial charge in [0.05, 0.1) is 6.61 Å². The molecule has 1 amide bonds. The van der Waals surface area contributed by atoms with E-state index in [9.17, 15) is 4.79 Å². The van der Waals surface area contributed by atoms with Gasteiger partial charge in [-0.1, -0.05) is 12.1 Å². The van der Waals surface area contributed by atoms with Gasteiger partial charge < -0.3 is 15.4 Å². The zero-order valence-corrected chi connectivity index (χ0v) is 14.1. The summed E-state index contributed by atoms with van der Waals surface area (Å²) in [5, 5.41) is 0. The van der Waals surface area contributed by atoms with Crippen molar-refractivity contribution in [1.29, 1.82) is 0 Å². The fourth-order valence-corrected chi connectivity index (χ4v) is 2.68. The predicted molar refractivity (Wildman–Crippen MR) is 91.5 cm³/mol. The van der Waals surface area contributed by atoms with Crippen molar-refractivity contribution in [1.82, 2.24) is 4.90 Å². The van der Waals surface area contributed by atoms with Gasteiger partial charge in [0, 0.05) is 19.5 Å². The Balaban J connectivity index is 0.00000242. The van der Waals surface area contributed by atoms with Crippen molar-refractivity contribution < 1.29 is 9.53 Å². The lowest BCUT2D eigenvalue weighted by Gasteiger charge is -2.16. The lowest BCUT2D eigenvalue weighted by Crippen LogP contribution is -2.29. The van der Waals surface area contributed by atoms with Crippen LogP contribution in [0.2, 0.25) is 0 Å². The molecule has 0 saturated carbocycles. The molecule has 1 fully saturated rings. The van der Waals surface area contributed by atoms with E-state index in [4.69, 9.17) is 10.5 Å². The van der Waals surface area contributed by atoms with Crippen LogP contribution in [0.25, 0.3) is 0 Å². The van der Waals surface area contributed by atoms with Crippen LogP contribution in [0.1, 0.15) is 31.2 Å². The number of unbranched alkanes of at least 4 members (excludes halogenated alkanes) is 1. The first kappa shape index (κ1) is 18.8. The van der Waals surface area contributed by atoms with Gasteiger partial charge in [0.15, 0.2) is 0 Å². The minimum Gasteiger partial charge on any atom is -0.494 e. The summed E-state index contributed by atoms with van der Waals surface area (Å²) in [6, 6.07) is 8.04. The molecule has 2 N–H and O–H groups in total. The number of ether oxygens (including phenoxy) is 1. The van der Waals surface area contributed by atoms with Gasteiger partial charge in [0.2, 0.25) is 5.91 Å². The van der Waals surface area contributed by atoms with E-state index < -0.39 is 0 Å². The Hall–Kier alpha value is -1.26. The van der Waals surface area contributed by atoms with Crippen molar-refractivity contribution in [3.8, 4) is 5.75 Å². The normalized spacial score (nSPS) is 17.2. The van der Waals surface area contributed by atoms with Crippen molar-refractivity contribution in [3.63, 3.8) is 0 Å². The number of benzene rings is 1. The average molecular weight is 327 g/mol. The number of carbonyl (C=O) groups is 1. The Labute approximate surface area is 139 Å². The molecule has 0 radical (unpaired) electrons. The molecule has 0 spiro atoms. The Kier molecular flexibility index (Phi) is 8.28. The number of halogens is 1. The molecule has 1 aromatic rings. The number of hydrogen-bond donors (Lipinski definition) is 1. The molecule has 0 bridgehead atoms. The molecule has 1 atom stereocenters. The van der Waals surface area contributed by atoms with Crippen LogP contribution in [0.15, 0.2) is 24.3 Å². The van der Waals surface area contributed by atoms with Gasteiger partial charge >= 0.3 is 0 Å². The van der Waals surface area contributed by atoms with Crippen molar-refractivity contribution in [2.45, 2.75) is 32.6 Å². The minimum absolute atomic E-state index is 0. The van der Waals surface area contributed by atoms with Crippen molar-refractivity contribution in [3.05, 3.63) is 29.8 Å². The minimum atomic E-state index is 0. The number of nitrogens with two attached hydrogens (primary N) is 1. The third kappa shape index (κ3) is 5.85. The monoisotopic (exact) mass is 326 g/mol. The maximum atomic E-state index is 12.0. The fraction of sp³-hybridized carbons (Fsp3) is 0.588. The summed E-state index contributed by atoms with van der Waals surface area (Å²) in [4.78, 5) is 14.0. The molecule has 4 nitrogen and oxygen atoms in total. The van der Waals surface area contributed by atoms with E-state index in [1.165, 1.54) is 5.56 Å². The van der Waals surface area contributed by atoms with Crippen LogP contribution in [-0.2, 0) is 4.79 Å². The first-order chi connectivity index (χ1) is 10.2. The zero-order chi connectivity index (χ0) is 15.1. The summed E-state index contributed by atoms with van der Waals surface area (Å²) in [5.41, 5.74) is 6.85. The number of hydrogen-bond acceptors (Lipinski definition) is 3. The van der Waals surface area contributed by atoms with Gasteiger partial charge in [-0.25, -0.2) is 0 Å². The summed E-state index contributed by atoms with van der Waals surface area (Å²) in [6.45, 7) is 5.13. The van der Waals surface area contributed by atoms with E-state index in [1.54, 1.807) is 0 Å². The number of rotatable bonds is 7. The predicted octanol–water partition coefficient (Wildman–Crippen LogP) is 2.77. The van der Waals surface area contributed by atoms with Crippen LogP contribution in [-0.4, -0.2) is 37.0 Å².